The second kappa shape index (κ2) is 14.1. The number of ketones is 2. The molecule has 4 unspecified atom stereocenters. The SMILES string of the molecule is C[C@@H]1CC2C3C[C@H](F)C4=CC(=O)C=C[C@]4(C)[C@@]3(F)[C@@H](O)C[C@]2(C)[C@@]1(O)C(=O)SSC(=O)[C@@]1(OC(=O)c2ccco2)[C@H](C)CC2C3C[C@H](F)C4=CC(=O)C=C[C@]4(C)[C@@]3(F)[C@@H](O)C[C@@]21C. The van der Waals surface area contributed by atoms with Crippen LogP contribution in [0.1, 0.15) is 90.6 Å². The zero-order valence-corrected chi connectivity index (χ0v) is 37.4. The summed E-state index contributed by atoms with van der Waals surface area (Å²) in [5.41, 5.74) is -16.0. The number of hydrogen-bond acceptors (Lipinski definition) is 12. The molecule has 16 heteroatoms. The molecule has 1 aromatic heterocycles. The lowest BCUT2D eigenvalue weighted by Gasteiger charge is -2.63. The van der Waals surface area contributed by atoms with E-state index in [-0.39, 0.29) is 29.7 Å². The fourth-order valence-electron chi connectivity index (χ4n) is 15.0. The van der Waals surface area contributed by atoms with Gasteiger partial charge >= 0.3 is 5.97 Å². The van der Waals surface area contributed by atoms with Gasteiger partial charge in [0.2, 0.25) is 16.0 Å². The molecule has 10 nitrogen and oxygen atoms in total. The molecule has 1 heterocycles. The molecule has 63 heavy (non-hydrogen) atoms. The molecule has 9 rings (SSSR count). The third kappa shape index (κ3) is 5.35. The first-order valence-electron chi connectivity index (χ1n) is 21.7. The molecule has 3 N–H and O–H groups in total. The molecule has 0 amide bonds. The zero-order valence-electron chi connectivity index (χ0n) is 35.7. The third-order valence-corrected chi connectivity index (χ3v) is 20.3. The molecule has 0 spiro atoms. The van der Waals surface area contributed by atoms with E-state index in [1.807, 2.05) is 0 Å². The lowest BCUT2D eigenvalue weighted by atomic mass is 9.44. The Morgan fingerprint density at radius 2 is 1.21 bits per heavy atom. The number of aliphatic hydroxyl groups excluding tert-OH is 2. The molecular weight excluding hydrogens is 865 g/mol. The highest BCUT2D eigenvalue weighted by Gasteiger charge is 2.80. The summed E-state index contributed by atoms with van der Waals surface area (Å²) >= 11 is 0. The monoisotopic (exact) mass is 916 g/mol. The number of halogens is 4. The molecule has 0 aromatic carbocycles. The molecule has 18 atom stereocenters. The van der Waals surface area contributed by atoms with Gasteiger partial charge < -0.3 is 24.5 Å². The molecular formula is C47H52F4O10S2. The van der Waals surface area contributed by atoms with Crippen LogP contribution in [-0.2, 0) is 23.9 Å². The summed E-state index contributed by atoms with van der Waals surface area (Å²) in [6.45, 7) is 9.30. The molecule has 340 valence electrons. The lowest BCUT2D eigenvalue weighted by Crippen LogP contribution is -2.70. The van der Waals surface area contributed by atoms with Gasteiger partial charge in [-0.25, -0.2) is 22.4 Å². The first kappa shape index (κ1) is 44.9. The number of ether oxygens (including phenoxy) is 1. The van der Waals surface area contributed by atoms with Gasteiger partial charge in [-0.3, -0.25) is 19.2 Å². The molecule has 1 aromatic rings. The number of rotatable bonds is 4. The summed E-state index contributed by atoms with van der Waals surface area (Å²) < 4.78 is 79.8. The van der Waals surface area contributed by atoms with Crippen LogP contribution in [0.15, 0.2) is 70.4 Å². The fraction of sp³-hybridized carbons (Fsp3) is 0.638. The van der Waals surface area contributed by atoms with Crippen LogP contribution in [0.5, 0.6) is 0 Å². The number of hydrogen-bond donors (Lipinski definition) is 3. The first-order chi connectivity index (χ1) is 29.3. The van der Waals surface area contributed by atoms with Crippen LogP contribution in [0.3, 0.4) is 0 Å². The van der Waals surface area contributed by atoms with E-state index in [0.717, 1.165) is 24.3 Å². The maximum Gasteiger partial charge on any atom is 0.375 e. The van der Waals surface area contributed by atoms with Crippen molar-refractivity contribution in [2.45, 2.75) is 127 Å². The quantitative estimate of drug-likeness (QED) is 0.155. The van der Waals surface area contributed by atoms with Gasteiger partial charge in [0.1, 0.15) is 17.9 Å². The maximum absolute atomic E-state index is 18.1. The van der Waals surface area contributed by atoms with Crippen molar-refractivity contribution in [1.29, 1.82) is 0 Å². The lowest BCUT2D eigenvalue weighted by molar-refractivity contribution is -0.221. The minimum Gasteiger partial charge on any atom is -0.457 e. The number of carbonyl (C=O) groups excluding carboxylic acids is 5. The van der Waals surface area contributed by atoms with Crippen LogP contribution in [0.4, 0.5) is 17.6 Å². The van der Waals surface area contributed by atoms with E-state index in [2.05, 4.69) is 0 Å². The number of aliphatic hydroxyl groups is 3. The highest BCUT2D eigenvalue weighted by Crippen LogP contribution is 2.74. The highest BCUT2D eigenvalue weighted by atomic mass is 33.1. The predicted molar refractivity (Wildman–Crippen MR) is 223 cm³/mol. The van der Waals surface area contributed by atoms with Crippen LogP contribution < -0.4 is 0 Å². The largest absolute Gasteiger partial charge is 0.457 e. The van der Waals surface area contributed by atoms with E-state index in [4.69, 9.17) is 9.15 Å². The van der Waals surface area contributed by atoms with Gasteiger partial charge in [-0.2, -0.15) is 0 Å². The molecule has 0 radical (unpaired) electrons. The van der Waals surface area contributed by atoms with Gasteiger partial charge in [0, 0.05) is 39.4 Å². The van der Waals surface area contributed by atoms with Gasteiger partial charge in [-0.15, -0.1) is 0 Å². The van der Waals surface area contributed by atoms with Crippen molar-refractivity contribution in [3.05, 3.63) is 71.8 Å². The van der Waals surface area contributed by atoms with Crippen molar-refractivity contribution in [2.75, 3.05) is 0 Å². The summed E-state index contributed by atoms with van der Waals surface area (Å²) in [7, 11) is 0.782. The summed E-state index contributed by atoms with van der Waals surface area (Å²) in [5, 5.41) is 34.8. The molecule has 0 saturated heterocycles. The zero-order chi connectivity index (χ0) is 45.8. The Kier molecular flexibility index (Phi) is 10.0. The Balaban J connectivity index is 1.04. The Morgan fingerprint density at radius 3 is 1.71 bits per heavy atom. The number of carbonyl (C=O) groups is 5. The van der Waals surface area contributed by atoms with Crippen molar-refractivity contribution < 1.29 is 66.0 Å². The number of furan rings is 1. The van der Waals surface area contributed by atoms with E-state index in [9.17, 15) is 34.5 Å². The smallest absolute Gasteiger partial charge is 0.375 e. The van der Waals surface area contributed by atoms with Crippen molar-refractivity contribution >= 4 is 49.4 Å². The Labute approximate surface area is 370 Å². The van der Waals surface area contributed by atoms with Crippen molar-refractivity contribution in [3.63, 3.8) is 0 Å². The van der Waals surface area contributed by atoms with Crippen molar-refractivity contribution in [3.8, 4) is 0 Å². The van der Waals surface area contributed by atoms with E-state index < -0.39 is 158 Å². The molecule has 0 aliphatic heterocycles. The van der Waals surface area contributed by atoms with Gasteiger partial charge in [-0.1, -0.05) is 39.8 Å². The Hall–Kier alpha value is -3.31. The fourth-order valence-corrected chi connectivity index (χ4v) is 17.5. The summed E-state index contributed by atoms with van der Waals surface area (Å²) in [4.78, 5) is 68.4. The normalized spacial score (nSPS) is 50.6. The van der Waals surface area contributed by atoms with Gasteiger partial charge in [0.25, 0.3) is 0 Å². The van der Waals surface area contributed by atoms with E-state index in [1.54, 1.807) is 27.7 Å². The summed E-state index contributed by atoms with van der Waals surface area (Å²) in [5.74, 6) is -8.14. The van der Waals surface area contributed by atoms with Gasteiger partial charge in [-0.05, 0) is 139 Å². The second-order valence-corrected chi connectivity index (χ2v) is 22.7. The first-order valence-corrected chi connectivity index (χ1v) is 23.8. The standard InChI is InChI=1S/C47H52F4O10S2/c1-22-14-26-28-18-32(48)30-16-24(52)9-11-40(30,3)44(28,50)35(54)20-42(26,5)46(22,59)38(57)62-63-39(58)47(61-37(56)34-8-7-13-60-34)23(2)15-27-29-19-33(49)31-17-25(53)10-12-41(31,4)45(29,51)36(55)21-43(27,47)6/h7-13,16-17,22-23,26-29,32-33,35-36,54-55,59H,14-15,18-21H2,1-6H3/t22-,23-,26?,27?,28?,29?,32+,33+,35+,36+,40+,41+,42+,43+,44+,45+,46+,47+/m1/s1. The highest BCUT2D eigenvalue weighted by molar-refractivity contribution is 8.87. The van der Waals surface area contributed by atoms with E-state index >= 15 is 22.4 Å². The van der Waals surface area contributed by atoms with E-state index in [0.29, 0.717) is 21.6 Å². The third-order valence-electron chi connectivity index (χ3n) is 18.2. The number of esters is 1. The van der Waals surface area contributed by atoms with Crippen LogP contribution in [0.2, 0.25) is 0 Å². The number of alkyl halides is 4. The van der Waals surface area contributed by atoms with Crippen LogP contribution in [0.25, 0.3) is 0 Å². The van der Waals surface area contributed by atoms with Gasteiger partial charge in [0.05, 0.1) is 18.5 Å². The van der Waals surface area contributed by atoms with Crippen molar-refractivity contribution in [1.82, 2.24) is 0 Å². The molecule has 8 aliphatic rings. The average molecular weight is 917 g/mol. The molecule has 6 saturated carbocycles. The predicted octanol–water partition coefficient (Wildman–Crippen LogP) is 7.47. The number of fused-ring (bicyclic) bond motifs is 10. The Bertz CT molecular complexity index is 2330. The summed E-state index contributed by atoms with van der Waals surface area (Å²) in [6.07, 6.45) is -0.381. The van der Waals surface area contributed by atoms with Crippen LogP contribution >= 0.6 is 21.6 Å². The van der Waals surface area contributed by atoms with Crippen molar-refractivity contribution in [2.24, 2.45) is 57.2 Å². The minimum absolute atomic E-state index is 0.0418. The van der Waals surface area contributed by atoms with Gasteiger partial charge in [0.15, 0.2) is 28.5 Å². The minimum atomic E-state index is -2.50. The van der Waals surface area contributed by atoms with E-state index in [1.165, 1.54) is 44.4 Å². The Morgan fingerprint density at radius 1 is 0.730 bits per heavy atom. The van der Waals surface area contributed by atoms with Crippen LogP contribution in [-0.4, -0.2) is 90.2 Å². The molecule has 6 fully saturated rings. The molecule has 0 bridgehead atoms. The molecule has 8 aliphatic carbocycles. The van der Waals surface area contributed by atoms with Crippen LogP contribution in [0, 0.1) is 57.2 Å². The average Bonchev–Trinajstić information content (AvgIpc) is 3.89. The summed E-state index contributed by atoms with van der Waals surface area (Å²) in [6, 6.07) is 2.76. The number of allylic oxidation sites excluding steroid dienone is 8. The maximum atomic E-state index is 18.1. The second-order valence-electron chi connectivity index (χ2n) is 20.6. The topological polar surface area (TPSA) is 168 Å².